The Morgan fingerprint density at radius 1 is 1.29 bits per heavy atom. The monoisotopic (exact) mass is 189 g/mol. The van der Waals surface area contributed by atoms with E-state index in [0.717, 1.165) is 11.9 Å². The molecule has 1 aromatic rings. The third-order valence-electron chi connectivity index (χ3n) is 2.89. The first kappa shape index (κ1) is 8.21. The summed E-state index contributed by atoms with van der Waals surface area (Å²) in [6, 6.07) is 0.643. The molecule has 14 heavy (non-hydrogen) atoms. The molecule has 1 aromatic heterocycles. The van der Waals surface area contributed by atoms with Crippen molar-refractivity contribution in [3.63, 3.8) is 0 Å². The fourth-order valence-electron chi connectivity index (χ4n) is 1.71. The molecule has 3 nitrogen and oxygen atoms in total. The molecule has 2 saturated carbocycles. The second-order valence-electron chi connectivity index (χ2n) is 4.45. The number of nitrogens with one attached hydrogen (secondary N) is 1. The van der Waals surface area contributed by atoms with E-state index < -0.39 is 0 Å². The van der Waals surface area contributed by atoms with Gasteiger partial charge in [-0.3, -0.25) is 0 Å². The molecule has 3 rings (SSSR count). The van der Waals surface area contributed by atoms with E-state index in [-0.39, 0.29) is 0 Å². The number of hydrogen-bond acceptors (Lipinski definition) is 3. The largest absolute Gasteiger partial charge is 0.351 e. The van der Waals surface area contributed by atoms with Gasteiger partial charge in [0, 0.05) is 18.2 Å². The van der Waals surface area contributed by atoms with Crippen molar-refractivity contribution in [3.8, 4) is 0 Å². The molecule has 0 spiro atoms. The number of anilines is 1. The molecule has 0 aliphatic heterocycles. The molecule has 0 atom stereocenters. The Morgan fingerprint density at radius 3 is 2.71 bits per heavy atom. The Kier molecular flexibility index (Phi) is 1.72. The van der Waals surface area contributed by atoms with Crippen LogP contribution in [0, 0.1) is 6.92 Å². The molecule has 74 valence electrons. The summed E-state index contributed by atoms with van der Waals surface area (Å²) >= 11 is 0. The summed E-state index contributed by atoms with van der Waals surface area (Å²) in [5, 5.41) is 3.34. The minimum atomic E-state index is 0.643. The van der Waals surface area contributed by atoms with Crippen molar-refractivity contribution in [2.45, 2.75) is 44.6 Å². The van der Waals surface area contributed by atoms with Crippen LogP contribution in [0.2, 0.25) is 0 Å². The normalized spacial score (nSPS) is 20.9. The van der Waals surface area contributed by atoms with Gasteiger partial charge in [0.15, 0.2) is 0 Å². The van der Waals surface area contributed by atoms with E-state index in [1.807, 2.05) is 6.20 Å². The lowest BCUT2D eigenvalue weighted by molar-refractivity contribution is 0.943. The predicted molar refractivity (Wildman–Crippen MR) is 55.4 cm³/mol. The molecule has 1 heterocycles. The highest BCUT2D eigenvalue weighted by molar-refractivity contribution is 5.34. The van der Waals surface area contributed by atoms with Gasteiger partial charge in [-0.2, -0.15) is 0 Å². The van der Waals surface area contributed by atoms with Crippen LogP contribution in [-0.4, -0.2) is 16.0 Å². The topological polar surface area (TPSA) is 37.8 Å². The first-order valence-corrected chi connectivity index (χ1v) is 5.43. The summed E-state index contributed by atoms with van der Waals surface area (Å²) in [5.41, 5.74) is 2.51. The molecule has 3 heteroatoms. The van der Waals surface area contributed by atoms with E-state index in [4.69, 9.17) is 0 Å². The standard InChI is InChI=1S/C11H15N3/c1-7-6-12-11(13-9-4-5-9)14-10(7)8-2-3-8/h6,8-9H,2-5H2,1H3,(H,12,13,14). The van der Waals surface area contributed by atoms with Crippen LogP contribution in [0.25, 0.3) is 0 Å². The molecule has 0 bridgehead atoms. The van der Waals surface area contributed by atoms with Gasteiger partial charge in [-0.25, -0.2) is 9.97 Å². The SMILES string of the molecule is Cc1cnc(NC2CC2)nc1C1CC1. The maximum absolute atomic E-state index is 4.59. The Balaban J connectivity index is 1.85. The highest BCUT2D eigenvalue weighted by atomic mass is 15.1. The number of rotatable bonds is 3. The Bertz CT molecular complexity index is 354. The van der Waals surface area contributed by atoms with Gasteiger partial charge in [-0.1, -0.05) is 0 Å². The van der Waals surface area contributed by atoms with Gasteiger partial charge in [0.1, 0.15) is 0 Å². The van der Waals surface area contributed by atoms with E-state index >= 15 is 0 Å². The smallest absolute Gasteiger partial charge is 0.223 e. The zero-order valence-corrected chi connectivity index (χ0v) is 8.45. The van der Waals surface area contributed by atoms with Crippen molar-refractivity contribution in [1.29, 1.82) is 0 Å². The zero-order chi connectivity index (χ0) is 9.54. The summed E-state index contributed by atoms with van der Waals surface area (Å²) in [7, 11) is 0. The summed E-state index contributed by atoms with van der Waals surface area (Å²) in [5.74, 6) is 1.55. The number of aromatic nitrogens is 2. The lowest BCUT2D eigenvalue weighted by Crippen LogP contribution is -2.07. The van der Waals surface area contributed by atoms with Crippen molar-refractivity contribution in [1.82, 2.24) is 9.97 Å². The Morgan fingerprint density at radius 2 is 2.07 bits per heavy atom. The summed E-state index contributed by atoms with van der Waals surface area (Å²) < 4.78 is 0. The molecular formula is C11H15N3. The average Bonchev–Trinajstić information content (AvgIpc) is 2.99. The van der Waals surface area contributed by atoms with Crippen molar-refractivity contribution in [3.05, 3.63) is 17.5 Å². The fraction of sp³-hybridized carbons (Fsp3) is 0.636. The van der Waals surface area contributed by atoms with Crippen LogP contribution in [-0.2, 0) is 0 Å². The first-order chi connectivity index (χ1) is 6.83. The molecule has 1 N–H and O–H groups in total. The predicted octanol–water partition coefficient (Wildman–Crippen LogP) is 2.24. The van der Waals surface area contributed by atoms with E-state index in [2.05, 4.69) is 22.2 Å². The minimum Gasteiger partial charge on any atom is -0.351 e. The van der Waals surface area contributed by atoms with Crippen LogP contribution < -0.4 is 5.32 Å². The van der Waals surface area contributed by atoms with Crippen LogP contribution in [0.3, 0.4) is 0 Å². The molecule has 0 aromatic carbocycles. The molecular weight excluding hydrogens is 174 g/mol. The molecule has 2 aliphatic rings. The first-order valence-electron chi connectivity index (χ1n) is 5.43. The van der Waals surface area contributed by atoms with E-state index in [1.165, 1.54) is 36.9 Å². The second kappa shape index (κ2) is 2.94. The maximum atomic E-state index is 4.59. The van der Waals surface area contributed by atoms with Crippen molar-refractivity contribution >= 4 is 5.95 Å². The van der Waals surface area contributed by atoms with E-state index in [1.54, 1.807) is 0 Å². The highest BCUT2D eigenvalue weighted by Gasteiger charge is 2.28. The van der Waals surface area contributed by atoms with Crippen molar-refractivity contribution in [2.75, 3.05) is 5.32 Å². The van der Waals surface area contributed by atoms with Gasteiger partial charge in [0.25, 0.3) is 0 Å². The lowest BCUT2D eigenvalue weighted by Gasteiger charge is -2.06. The fourth-order valence-corrected chi connectivity index (χ4v) is 1.71. The zero-order valence-electron chi connectivity index (χ0n) is 8.45. The highest BCUT2D eigenvalue weighted by Crippen LogP contribution is 2.40. The second-order valence-corrected chi connectivity index (χ2v) is 4.45. The number of nitrogens with zero attached hydrogens (tertiary/aromatic N) is 2. The molecule has 0 saturated heterocycles. The Labute approximate surface area is 84.0 Å². The third kappa shape index (κ3) is 1.59. The van der Waals surface area contributed by atoms with Crippen LogP contribution >= 0.6 is 0 Å². The van der Waals surface area contributed by atoms with Gasteiger partial charge in [-0.15, -0.1) is 0 Å². The van der Waals surface area contributed by atoms with Gasteiger partial charge < -0.3 is 5.32 Å². The third-order valence-corrected chi connectivity index (χ3v) is 2.89. The quantitative estimate of drug-likeness (QED) is 0.792. The molecule has 2 fully saturated rings. The molecule has 2 aliphatic carbocycles. The van der Waals surface area contributed by atoms with Gasteiger partial charge >= 0.3 is 0 Å². The maximum Gasteiger partial charge on any atom is 0.223 e. The van der Waals surface area contributed by atoms with Crippen LogP contribution in [0.5, 0.6) is 0 Å². The van der Waals surface area contributed by atoms with Crippen LogP contribution in [0.1, 0.15) is 42.9 Å². The molecule has 0 amide bonds. The summed E-state index contributed by atoms with van der Waals surface area (Å²) in [4.78, 5) is 8.90. The minimum absolute atomic E-state index is 0.643. The van der Waals surface area contributed by atoms with Crippen LogP contribution in [0.4, 0.5) is 5.95 Å². The van der Waals surface area contributed by atoms with Gasteiger partial charge in [-0.05, 0) is 38.2 Å². The number of aryl methyl sites for hydroxylation is 1. The number of hydrogen-bond donors (Lipinski definition) is 1. The average molecular weight is 189 g/mol. The summed E-state index contributed by atoms with van der Waals surface area (Å²) in [6.45, 7) is 2.11. The summed E-state index contributed by atoms with van der Waals surface area (Å²) in [6.07, 6.45) is 7.11. The van der Waals surface area contributed by atoms with Crippen molar-refractivity contribution in [2.24, 2.45) is 0 Å². The van der Waals surface area contributed by atoms with Crippen molar-refractivity contribution < 1.29 is 0 Å². The molecule has 0 radical (unpaired) electrons. The van der Waals surface area contributed by atoms with Crippen LogP contribution in [0.15, 0.2) is 6.20 Å². The van der Waals surface area contributed by atoms with Gasteiger partial charge in [0.2, 0.25) is 5.95 Å². The molecule has 0 unspecified atom stereocenters. The lowest BCUT2D eigenvalue weighted by atomic mass is 10.2. The van der Waals surface area contributed by atoms with E-state index in [0.29, 0.717) is 6.04 Å². The Hall–Kier alpha value is -1.12. The van der Waals surface area contributed by atoms with Gasteiger partial charge in [0.05, 0.1) is 5.69 Å². The van der Waals surface area contributed by atoms with E-state index in [9.17, 15) is 0 Å².